The highest BCUT2D eigenvalue weighted by atomic mass is 16.2. The molecule has 3 heterocycles. The van der Waals surface area contributed by atoms with E-state index in [1.54, 1.807) is 0 Å². The first-order valence-electron chi connectivity index (χ1n) is 13.3. The quantitative estimate of drug-likeness (QED) is 0.587. The molecule has 1 spiro atoms. The number of amidine groups is 1. The molecule has 2 aliphatic heterocycles. The number of carbonyl (C=O) groups is 2. The van der Waals surface area contributed by atoms with Crippen molar-refractivity contribution in [2.24, 2.45) is 16.8 Å². The van der Waals surface area contributed by atoms with Crippen molar-refractivity contribution in [3.63, 3.8) is 0 Å². The van der Waals surface area contributed by atoms with Crippen LogP contribution in [0, 0.1) is 11.8 Å². The van der Waals surface area contributed by atoms with Crippen LogP contribution >= 0.6 is 0 Å². The molecule has 1 N–H and O–H groups in total. The number of nitrogens with zero attached hydrogens (tertiary/aromatic N) is 4. The highest BCUT2D eigenvalue weighted by Crippen LogP contribution is 2.41. The summed E-state index contributed by atoms with van der Waals surface area (Å²) in [5, 5.41) is 8.33. The smallest absolute Gasteiger partial charge is 0.256 e. The van der Waals surface area contributed by atoms with E-state index in [1.165, 1.54) is 0 Å². The molecular weight excluding hydrogens is 450 g/mol. The Hall–Kier alpha value is -3.48. The molecular formula is C29H31N5O2. The number of fused-ring (bicyclic) bond motifs is 1. The molecule has 2 aliphatic carbocycles. The number of carbonyl (C=O) groups excluding carboxylic acids is 2. The van der Waals surface area contributed by atoms with Crippen LogP contribution in [-0.4, -0.2) is 62.8 Å². The lowest BCUT2D eigenvalue weighted by Gasteiger charge is -2.25. The minimum Gasteiger partial charge on any atom is -0.342 e. The zero-order chi connectivity index (χ0) is 24.3. The standard InChI is InChI=1S/C29H31N5O2/c35-27(22-10-11-22)33-15-12-19(17-33)18-34-26(31-29(28(34)36)13-1-2-14-29)21-8-6-20(7-9-21)23-4-3-5-25-24(23)16-30-32-25/h3-9,16,19,22H,1-2,10-15,17-18H2,(H,30,32)/t19-/m1/s1. The van der Waals surface area contributed by atoms with E-state index >= 15 is 0 Å². The zero-order valence-electron chi connectivity index (χ0n) is 20.4. The molecule has 1 saturated heterocycles. The highest BCUT2D eigenvalue weighted by Gasteiger charge is 2.50. The number of hydrogen-bond donors (Lipinski definition) is 1. The van der Waals surface area contributed by atoms with Crippen LogP contribution in [0.5, 0.6) is 0 Å². The number of H-pyrrole nitrogens is 1. The van der Waals surface area contributed by atoms with Crippen molar-refractivity contribution in [1.29, 1.82) is 0 Å². The Morgan fingerprint density at radius 2 is 1.81 bits per heavy atom. The van der Waals surface area contributed by atoms with Gasteiger partial charge in [0.25, 0.3) is 5.91 Å². The van der Waals surface area contributed by atoms with Gasteiger partial charge < -0.3 is 4.90 Å². The third-order valence-corrected chi connectivity index (χ3v) is 8.55. The lowest BCUT2D eigenvalue weighted by Crippen LogP contribution is -2.44. The fourth-order valence-corrected chi connectivity index (χ4v) is 6.38. The van der Waals surface area contributed by atoms with E-state index < -0.39 is 5.54 Å². The summed E-state index contributed by atoms with van der Waals surface area (Å²) < 4.78 is 0. The second-order valence-electron chi connectivity index (χ2n) is 11.0. The predicted octanol–water partition coefficient (Wildman–Crippen LogP) is 4.39. The average Bonchev–Trinajstić information content (AvgIpc) is 3.25. The Bertz CT molecular complexity index is 1360. The van der Waals surface area contributed by atoms with Gasteiger partial charge in [0.15, 0.2) is 0 Å². The van der Waals surface area contributed by atoms with E-state index in [-0.39, 0.29) is 11.8 Å². The van der Waals surface area contributed by atoms with Gasteiger partial charge in [-0.25, -0.2) is 0 Å². The van der Waals surface area contributed by atoms with Crippen molar-refractivity contribution in [3.8, 4) is 11.1 Å². The molecule has 0 radical (unpaired) electrons. The van der Waals surface area contributed by atoms with Crippen LogP contribution in [-0.2, 0) is 9.59 Å². The van der Waals surface area contributed by atoms with Gasteiger partial charge in [-0.1, -0.05) is 49.2 Å². The Labute approximate surface area is 210 Å². The van der Waals surface area contributed by atoms with E-state index in [0.717, 1.165) is 91.5 Å². The van der Waals surface area contributed by atoms with Gasteiger partial charge in [0.1, 0.15) is 11.4 Å². The SMILES string of the molecule is O=C(C1CC1)N1CC[C@@H](CN2C(=O)C3(CCCC3)N=C2c2ccc(-c3cccc4[nH]ncc34)cc2)C1. The minimum absolute atomic E-state index is 0.161. The highest BCUT2D eigenvalue weighted by molar-refractivity contribution is 6.15. The fraction of sp³-hybridized carbons (Fsp3) is 0.448. The van der Waals surface area contributed by atoms with E-state index in [2.05, 4.69) is 40.5 Å². The van der Waals surface area contributed by atoms with Gasteiger partial charge in [0.2, 0.25) is 5.91 Å². The Balaban J connectivity index is 1.17. The number of rotatable bonds is 5. The van der Waals surface area contributed by atoms with Crippen LogP contribution in [0.4, 0.5) is 0 Å². The van der Waals surface area contributed by atoms with Gasteiger partial charge in [-0.05, 0) is 55.2 Å². The Kier molecular flexibility index (Phi) is 5.01. The van der Waals surface area contributed by atoms with Crippen molar-refractivity contribution in [1.82, 2.24) is 20.0 Å². The number of aliphatic imine (C=N–C) groups is 1. The van der Waals surface area contributed by atoms with E-state index in [4.69, 9.17) is 4.99 Å². The number of likely N-dealkylation sites (tertiary alicyclic amines) is 1. The van der Waals surface area contributed by atoms with Crippen molar-refractivity contribution < 1.29 is 9.59 Å². The number of aromatic amines is 1. The minimum atomic E-state index is -0.585. The second-order valence-corrected chi connectivity index (χ2v) is 11.0. The molecule has 7 rings (SSSR count). The number of aromatic nitrogens is 2. The summed E-state index contributed by atoms with van der Waals surface area (Å²) >= 11 is 0. The van der Waals surface area contributed by atoms with Gasteiger partial charge in [0.05, 0.1) is 11.7 Å². The molecule has 0 unspecified atom stereocenters. The molecule has 2 aromatic carbocycles. The lowest BCUT2D eigenvalue weighted by molar-refractivity contribution is -0.131. The second kappa shape index (κ2) is 8.29. The summed E-state index contributed by atoms with van der Waals surface area (Å²) in [7, 11) is 0. The summed E-state index contributed by atoms with van der Waals surface area (Å²) in [5.74, 6) is 1.84. The van der Waals surface area contributed by atoms with Gasteiger partial charge >= 0.3 is 0 Å². The van der Waals surface area contributed by atoms with Crippen molar-refractivity contribution in [3.05, 3.63) is 54.2 Å². The van der Waals surface area contributed by atoms with E-state index in [0.29, 0.717) is 18.4 Å². The molecule has 0 bridgehead atoms. The predicted molar refractivity (Wildman–Crippen MR) is 138 cm³/mol. The van der Waals surface area contributed by atoms with Crippen LogP contribution < -0.4 is 0 Å². The van der Waals surface area contributed by atoms with Gasteiger partial charge in [-0.3, -0.25) is 24.6 Å². The topological polar surface area (TPSA) is 81.7 Å². The lowest BCUT2D eigenvalue weighted by atomic mass is 9.97. The molecule has 2 amide bonds. The first-order chi connectivity index (χ1) is 17.6. The summed E-state index contributed by atoms with van der Waals surface area (Å²) in [4.78, 5) is 35.4. The van der Waals surface area contributed by atoms with Gasteiger partial charge in [0, 0.05) is 36.5 Å². The maximum absolute atomic E-state index is 13.8. The fourth-order valence-electron chi connectivity index (χ4n) is 6.38. The molecule has 36 heavy (non-hydrogen) atoms. The van der Waals surface area contributed by atoms with Crippen LogP contribution in [0.15, 0.2) is 53.7 Å². The van der Waals surface area contributed by atoms with E-state index in [9.17, 15) is 9.59 Å². The van der Waals surface area contributed by atoms with Crippen molar-refractivity contribution in [2.75, 3.05) is 19.6 Å². The van der Waals surface area contributed by atoms with Gasteiger partial charge in [-0.2, -0.15) is 5.10 Å². The molecule has 2 saturated carbocycles. The first kappa shape index (κ1) is 21.8. The van der Waals surface area contributed by atoms with Gasteiger partial charge in [-0.15, -0.1) is 0 Å². The number of nitrogens with one attached hydrogen (secondary N) is 1. The van der Waals surface area contributed by atoms with Crippen LogP contribution in [0.1, 0.15) is 50.5 Å². The monoisotopic (exact) mass is 481 g/mol. The maximum Gasteiger partial charge on any atom is 0.256 e. The Morgan fingerprint density at radius 1 is 1.03 bits per heavy atom. The molecule has 7 heteroatoms. The average molecular weight is 482 g/mol. The summed E-state index contributed by atoms with van der Waals surface area (Å²) in [5.41, 5.74) is 3.66. The summed E-state index contributed by atoms with van der Waals surface area (Å²) in [6, 6.07) is 14.6. The Morgan fingerprint density at radius 3 is 2.58 bits per heavy atom. The number of benzene rings is 2. The summed E-state index contributed by atoms with van der Waals surface area (Å²) in [6.45, 7) is 2.21. The molecule has 4 aliphatic rings. The molecule has 7 nitrogen and oxygen atoms in total. The largest absolute Gasteiger partial charge is 0.342 e. The van der Waals surface area contributed by atoms with Crippen LogP contribution in [0.3, 0.4) is 0 Å². The number of hydrogen-bond acceptors (Lipinski definition) is 4. The van der Waals surface area contributed by atoms with Crippen molar-refractivity contribution >= 4 is 28.6 Å². The normalized spacial score (nSPS) is 23.3. The molecule has 184 valence electrons. The van der Waals surface area contributed by atoms with Crippen molar-refractivity contribution in [2.45, 2.75) is 50.5 Å². The molecule has 3 fully saturated rings. The summed E-state index contributed by atoms with van der Waals surface area (Å²) in [6.07, 6.45) is 8.67. The first-order valence-corrected chi connectivity index (χ1v) is 13.3. The van der Waals surface area contributed by atoms with E-state index in [1.807, 2.05) is 28.1 Å². The third kappa shape index (κ3) is 3.55. The molecule has 1 aromatic heterocycles. The molecule has 3 aromatic rings. The zero-order valence-corrected chi connectivity index (χ0v) is 20.4. The number of amides is 2. The molecule has 1 atom stereocenters. The third-order valence-electron chi connectivity index (χ3n) is 8.55. The maximum atomic E-state index is 13.8. The van der Waals surface area contributed by atoms with Crippen LogP contribution in [0.25, 0.3) is 22.0 Å². The van der Waals surface area contributed by atoms with Crippen LogP contribution in [0.2, 0.25) is 0 Å².